The lowest BCUT2D eigenvalue weighted by Crippen LogP contribution is -2.45. The van der Waals surface area contributed by atoms with Crippen molar-refractivity contribution in [1.29, 1.82) is 0 Å². The molecule has 1 amide bonds. The molecular formula is C20H37NO7. The van der Waals surface area contributed by atoms with Crippen LogP contribution in [0.1, 0.15) is 81.1 Å². The van der Waals surface area contributed by atoms with Gasteiger partial charge in [0.15, 0.2) is 0 Å². The summed E-state index contributed by atoms with van der Waals surface area (Å²) in [6.07, 6.45) is 1.28. The third kappa shape index (κ3) is 14.0. The van der Waals surface area contributed by atoms with Crippen LogP contribution in [0.15, 0.2) is 0 Å². The lowest BCUT2D eigenvalue weighted by atomic mass is 9.72. The van der Waals surface area contributed by atoms with E-state index in [1.165, 1.54) is 0 Å². The smallest absolute Gasteiger partial charge is 0.332 e. The zero-order chi connectivity index (χ0) is 22.5. The van der Waals surface area contributed by atoms with Gasteiger partial charge in [0.25, 0.3) is 0 Å². The molecule has 0 saturated carbocycles. The Bertz CT molecular complexity index is 527. The average Bonchev–Trinajstić information content (AvgIpc) is 2.53. The van der Waals surface area contributed by atoms with Crippen molar-refractivity contribution in [2.45, 2.75) is 87.1 Å². The highest BCUT2D eigenvalue weighted by Gasteiger charge is 2.32. The van der Waals surface area contributed by atoms with Crippen molar-refractivity contribution in [2.24, 2.45) is 10.8 Å². The number of carboxylic acids is 1. The fourth-order valence-electron chi connectivity index (χ4n) is 2.80. The Morgan fingerprint density at radius 1 is 1.00 bits per heavy atom. The average molecular weight is 404 g/mol. The van der Waals surface area contributed by atoms with Crippen LogP contribution in [0.3, 0.4) is 0 Å². The van der Waals surface area contributed by atoms with Crippen molar-refractivity contribution in [3.05, 3.63) is 0 Å². The normalized spacial score (nSPS) is 12.1. The number of ether oxygens (including phenoxy) is 2. The van der Waals surface area contributed by atoms with Gasteiger partial charge in [0.2, 0.25) is 12.7 Å². The first-order chi connectivity index (χ1) is 12.8. The van der Waals surface area contributed by atoms with Crippen molar-refractivity contribution in [3.63, 3.8) is 0 Å². The molecule has 1 unspecified atom stereocenters. The molecule has 0 aromatic rings. The highest BCUT2D eigenvalue weighted by Crippen LogP contribution is 2.38. The van der Waals surface area contributed by atoms with Crippen molar-refractivity contribution < 1.29 is 33.8 Å². The largest absolute Gasteiger partial charge is 0.481 e. The van der Waals surface area contributed by atoms with Crippen LogP contribution < -0.4 is 5.32 Å². The van der Waals surface area contributed by atoms with E-state index < -0.39 is 43.1 Å². The van der Waals surface area contributed by atoms with Crippen molar-refractivity contribution in [2.75, 3.05) is 6.79 Å². The molecule has 0 fully saturated rings. The Kier molecular flexibility index (Phi) is 13.2. The predicted molar refractivity (Wildman–Crippen MR) is 105 cm³/mol. The number of carbonyl (C=O) groups is 4. The number of aliphatic carboxylic acids is 1. The zero-order valence-electron chi connectivity index (χ0n) is 18.5. The van der Waals surface area contributed by atoms with Crippen LogP contribution in [0.2, 0.25) is 0 Å². The van der Waals surface area contributed by atoms with Gasteiger partial charge in [0, 0.05) is 13.3 Å². The maximum Gasteiger partial charge on any atom is 0.332 e. The van der Waals surface area contributed by atoms with Gasteiger partial charge in [0.1, 0.15) is 6.04 Å². The maximum atomic E-state index is 12.3. The summed E-state index contributed by atoms with van der Waals surface area (Å²) >= 11 is 0. The van der Waals surface area contributed by atoms with Gasteiger partial charge < -0.3 is 19.9 Å². The van der Waals surface area contributed by atoms with Gasteiger partial charge in [-0.2, -0.15) is 0 Å². The number of amides is 1. The molecule has 0 saturated heterocycles. The number of hydrogen-bond acceptors (Lipinski definition) is 6. The first-order valence-electron chi connectivity index (χ1n) is 9.59. The standard InChI is InChI=1S/C18H31NO7.C2H6/c1-7-17(3,4)10-18(5,6)9-14(21)19-13(8-15(22)23)16(24)26-11-25-12(2)20;1-2/h13H,7-11H2,1-6H3,(H,19,21)(H,22,23);1-2H3. The molecule has 28 heavy (non-hydrogen) atoms. The molecule has 0 heterocycles. The molecule has 0 aliphatic carbocycles. The summed E-state index contributed by atoms with van der Waals surface area (Å²) in [5.41, 5.74) is -0.258. The van der Waals surface area contributed by atoms with Gasteiger partial charge in [-0.1, -0.05) is 54.9 Å². The fraction of sp³-hybridized carbons (Fsp3) is 0.800. The molecule has 8 nitrogen and oxygen atoms in total. The minimum Gasteiger partial charge on any atom is -0.481 e. The van der Waals surface area contributed by atoms with Crippen molar-refractivity contribution >= 4 is 23.8 Å². The molecule has 8 heteroatoms. The van der Waals surface area contributed by atoms with Gasteiger partial charge in [-0.15, -0.1) is 0 Å². The van der Waals surface area contributed by atoms with Gasteiger partial charge in [0.05, 0.1) is 6.42 Å². The van der Waals surface area contributed by atoms with Crippen molar-refractivity contribution in [1.82, 2.24) is 5.32 Å². The van der Waals surface area contributed by atoms with Gasteiger partial charge in [-0.3, -0.25) is 14.4 Å². The molecule has 0 aromatic carbocycles. The summed E-state index contributed by atoms with van der Waals surface area (Å²) in [4.78, 5) is 45.9. The maximum absolute atomic E-state index is 12.3. The molecule has 0 aromatic heterocycles. The van der Waals surface area contributed by atoms with Crippen LogP contribution in [0.4, 0.5) is 0 Å². The summed E-state index contributed by atoms with van der Waals surface area (Å²) in [6, 6.07) is -1.34. The van der Waals surface area contributed by atoms with Gasteiger partial charge in [-0.25, -0.2) is 4.79 Å². The Labute approximate surface area is 168 Å². The molecule has 0 rings (SSSR count). The monoisotopic (exact) mass is 403 g/mol. The van der Waals surface area contributed by atoms with Crippen LogP contribution in [0, 0.1) is 10.8 Å². The Morgan fingerprint density at radius 2 is 1.54 bits per heavy atom. The van der Waals surface area contributed by atoms with E-state index >= 15 is 0 Å². The summed E-state index contributed by atoms with van der Waals surface area (Å²) in [7, 11) is 0. The molecule has 2 N–H and O–H groups in total. The van der Waals surface area contributed by atoms with Crippen LogP contribution in [0.5, 0.6) is 0 Å². The number of nitrogens with one attached hydrogen (secondary N) is 1. The third-order valence-corrected chi connectivity index (χ3v) is 4.02. The number of rotatable bonds is 11. The fourth-order valence-corrected chi connectivity index (χ4v) is 2.80. The summed E-state index contributed by atoms with van der Waals surface area (Å²) < 4.78 is 9.16. The Morgan fingerprint density at radius 3 is 1.96 bits per heavy atom. The van der Waals surface area contributed by atoms with Gasteiger partial charge in [-0.05, 0) is 17.3 Å². The number of hydrogen-bond donors (Lipinski definition) is 2. The summed E-state index contributed by atoms with van der Waals surface area (Å²) in [5.74, 6) is -3.30. The third-order valence-electron chi connectivity index (χ3n) is 4.02. The minimum atomic E-state index is -1.34. The quantitative estimate of drug-likeness (QED) is 0.401. The van der Waals surface area contributed by atoms with Crippen LogP contribution in [0.25, 0.3) is 0 Å². The second-order valence-electron chi connectivity index (χ2n) is 7.97. The SMILES string of the molecule is CC.CCC(C)(C)CC(C)(C)CC(=O)NC(CC(=O)O)C(=O)OCOC(C)=O. The van der Waals surface area contributed by atoms with Crippen LogP contribution >= 0.6 is 0 Å². The first kappa shape index (κ1) is 28.1. The Balaban J connectivity index is 0. The van der Waals surface area contributed by atoms with Crippen LogP contribution in [-0.4, -0.2) is 41.8 Å². The number of carboxylic acid groups (broad SMARTS) is 1. The van der Waals surface area contributed by atoms with E-state index in [1.54, 1.807) is 0 Å². The highest BCUT2D eigenvalue weighted by atomic mass is 16.7. The van der Waals surface area contributed by atoms with Crippen LogP contribution in [-0.2, 0) is 28.7 Å². The molecule has 0 bridgehead atoms. The molecule has 0 radical (unpaired) electrons. The van der Waals surface area contributed by atoms with E-state index in [1.807, 2.05) is 27.7 Å². The van der Waals surface area contributed by atoms with E-state index in [0.717, 1.165) is 19.8 Å². The number of esters is 2. The van der Waals surface area contributed by atoms with E-state index in [-0.39, 0.29) is 17.3 Å². The lowest BCUT2D eigenvalue weighted by Gasteiger charge is -2.34. The Hall–Kier alpha value is -2.12. The van der Waals surface area contributed by atoms with E-state index in [0.29, 0.717) is 0 Å². The molecular weight excluding hydrogens is 366 g/mol. The second kappa shape index (κ2) is 13.1. The summed E-state index contributed by atoms with van der Waals surface area (Å²) in [6.45, 7) is 14.7. The first-order valence-corrected chi connectivity index (χ1v) is 9.59. The lowest BCUT2D eigenvalue weighted by molar-refractivity contribution is -0.169. The van der Waals surface area contributed by atoms with Crippen molar-refractivity contribution in [3.8, 4) is 0 Å². The zero-order valence-corrected chi connectivity index (χ0v) is 18.5. The second-order valence-corrected chi connectivity index (χ2v) is 7.97. The van der Waals surface area contributed by atoms with E-state index in [9.17, 15) is 19.2 Å². The molecule has 1 atom stereocenters. The molecule has 164 valence electrons. The molecule has 0 aliphatic rings. The molecule has 0 aliphatic heterocycles. The van der Waals surface area contributed by atoms with E-state index in [4.69, 9.17) is 5.11 Å². The predicted octanol–water partition coefficient (Wildman–Crippen LogP) is 3.28. The topological polar surface area (TPSA) is 119 Å². The van der Waals surface area contributed by atoms with E-state index in [2.05, 4.69) is 35.6 Å². The minimum absolute atomic E-state index is 0.0627. The molecule has 0 spiro atoms. The van der Waals surface area contributed by atoms with Gasteiger partial charge >= 0.3 is 17.9 Å². The summed E-state index contributed by atoms with van der Waals surface area (Å²) in [5, 5.41) is 11.3. The number of carbonyl (C=O) groups excluding carboxylic acids is 3. The highest BCUT2D eigenvalue weighted by molar-refractivity contribution is 5.87.